The van der Waals surface area contributed by atoms with E-state index in [0.717, 1.165) is 0 Å². The van der Waals surface area contributed by atoms with Crippen LogP contribution in [0, 0.1) is 5.82 Å². The van der Waals surface area contributed by atoms with Gasteiger partial charge in [-0.25, -0.2) is 9.18 Å². The van der Waals surface area contributed by atoms with E-state index in [1.807, 2.05) is 0 Å². The molecule has 0 bridgehead atoms. The third-order valence-electron chi connectivity index (χ3n) is 2.44. The molecule has 1 aromatic carbocycles. The molecule has 0 radical (unpaired) electrons. The number of urea groups is 1. The summed E-state index contributed by atoms with van der Waals surface area (Å²) in [5.41, 5.74) is -0.994. The molecule has 0 spiro atoms. The van der Waals surface area contributed by atoms with Gasteiger partial charge in [0, 0.05) is 6.54 Å². The normalized spacial score (nSPS) is 11.3. The second-order valence-electron chi connectivity index (χ2n) is 4.86. The maximum Gasteiger partial charge on any atom is 0.322 e. The number of rotatable bonds is 4. The Balaban J connectivity index is 2.80. The first kappa shape index (κ1) is 15.7. The zero-order chi connectivity index (χ0) is 14.6. The smallest absolute Gasteiger partial charge is 0.322 e. The summed E-state index contributed by atoms with van der Waals surface area (Å²) in [6, 6.07) is 3.90. The minimum Gasteiger partial charge on any atom is -0.389 e. The van der Waals surface area contributed by atoms with Crippen LogP contribution < -0.4 is 5.32 Å². The lowest BCUT2D eigenvalue weighted by Gasteiger charge is -2.28. The summed E-state index contributed by atoms with van der Waals surface area (Å²) in [6.07, 6.45) is 0. The number of nitrogens with zero attached hydrogens (tertiary/aromatic N) is 1. The molecule has 4 nitrogen and oxygen atoms in total. The van der Waals surface area contributed by atoms with Crippen LogP contribution in [-0.4, -0.2) is 34.7 Å². The highest BCUT2D eigenvalue weighted by Crippen LogP contribution is 2.22. The highest BCUT2D eigenvalue weighted by atomic mass is 35.5. The number of nitrogens with one attached hydrogen (secondary N) is 1. The van der Waals surface area contributed by atoms with Crippen LogP contribution in [0.2, 0.25) is 5.02 Å². The van der Waals surface area contributed by atoms with Crippen LogP contribution in [0.1, 0.15) is 20.8 Å². The number of anilines is 1. The highest BCUT2D eigenvalue weighted by molar-refractivity contribution is 6.31. The zero-order valence-corrected chi connectivity index (χ0v) is 12.0. The van der Waals surface area contributed by atoms with E-state index in [1.54, 1.807) is 26.8 Å². The molecule has 1 aromatic rings. The molecule has 6 heteroatoms. The van der Waals surface area contributed by atoms with Crippen molar-refractivity contribution < 1.29 is 14.3 Å². The molecular weight excluding hydrogens is 271 g/mol. The summed E-state index contributed by atoms with van der Waals surface area (Å²) in [7, 11) is 0. The molecule has 0 aliphatic rings. The predicted molar refractivity (Wildman–Crippen MR) is 74.0 cm³/mol. The molecule has 0 atom stereocenters. The van der Waals surface area contributed by atoms with Crippen LogP contribution in [0.5, 0.6) is 0 Å². The SMILES string of the molecule is CCN(CC(C)(C)O)C(=O)Nc1cccc(Cl)c1F. The number of carbonyl (C=O) groups excluding carboxylic acids is 1. The number of benzene rings is 1. The fourth-order valence-electron chi connectivity index (χ4n) is 1.59. The first-order valence-electron chi connectivity index (χ1n) is 5.97. The topological polar surface area (TPSA) is 52.6 Å². The van der Waals surface area contributed by atoms with Crippen molar-refractivity contribution in [2.45, 2.75) is 26.4 Å². The van der Waals surface area contributed by atoms with Gasteiger partial charge in [-0.1, -0.05) is 17.7 Å². The van der Waals surface area contributed by atoms with Crippen LogP contribution in [0.25, 0.3) is 0 Å². The van der Waals surface area contributed by atoms with Crippen molar-refractivity contribution >= 4 is 23.3 Å². The van der Waals surface area contributed by atoms with Gasteiger partial charge in [0.25, 0.3) is 0 Å². The third-order valence-corrected chi connectivity index (χ3v) is 2.73. The van der Waals surface area contributed by atoms with E-state index in [1.165, 1.54) is 17.0 Å². The average Bonchev–Trinajstić information content (AvgIpc) is 2.30. The molecule has 0 heterocycles. The second-order valence-corrected chi connectivity index (χ2v) is 5.27. The van der Waals surface area contributed by atoms with Gasteiger partial charge in [-0.05, 0) is 32.9 Å². The van der Waals surface area contributed by atoms with E-state index >= 15 is 0 Å². The lowest BCUT2D eigenvalue weighted by Crippen LogP contribution is -2.44. The molecule has 0 saturated carbocycles. The maximum absolute atomic E-state index is 13.7. The predicted octanol–water partition coefficient (Wildman–Crippen LogP) is 3.10. The van der Waals surface area contributed by atoms with Gasteiger partial charge in [-0.2, -0.15) is 0 Å². The molecular formula is C13H18ClFN2O2. The molecule has 106 valence electrons. The van der Waals surface area contributed by atoms with Crippen molar-refractivity contribution in [3.8, 4) is 0 Å². The largest absolute Gasteiger partial charge is 0.389 e. The third kappa shape index (κ3) is 4.69. The fraction of sp³-hybridized carbons (Fsp3) is 0.462. The monoisotopic (exact) mass is 288 g/mol. The molecule has 19 heavy (non-hydrogen) atoms. The molecule has 0 aliphatic heterocycles. The summed E-state index contributed by atoms with van der Waals surface area (Å²) >= 11 is 5.64. The van der Waals surface area contributed by atoms with E-state index in [-0.39, 0.29) is 17.3 Å². The lowest BCUT2D eigenvalue weighted by atomic mass is 10.1. The summed E-state index contributed by atoms with van der Waals surface area (Å²) in [5, 5.41) is 12.1. The van der Waals surface area contributed by atoms with Gasteiger partial charge in [-0.3, -0.25) is 0 Å². The van der Waals surface area contributed by atoms with E-state index in [4.69, 9.17) is 11.6 Å². The van der Waals surface area contributed by atoms with E-state index in [0.29, 0.717) is 6.54 Å². The van der Waals surface area contributed by atoms with Crippen molar-refractivity contribution in [2.24, 2.45) is 0 Å². The average molecular weight is 289 g/mol. The van der Waals surface area contributed by atoms with Crippen LogP contribution >= 0.6 is 11.6 Å². The Hall–Kier alpha value is -1.33. The molecule has 0 saturated heterocycles. The maximum atomic E-state index is 13.7. The molecule has 0 aromatic heterocycles. The van der Waals surface area contributed by atoms with Crippen LogP contribution in [0.4, 0.5) is 14.9 Å². The summed E-state index contributed by atoms with van der Waals surface area (Å²) in [5.74, 6) is -0.670. The Morgan fingerprint density at radius 3 is 2.68 bits per heavy atom. The summed E-state index contributed by atoms with van der Waals surface area (Å²) < 4.78 is 13.7. The van der Waals surface area contributed by atoms with Gasteiger partial charge in [0.2, 0.25) is 0 Å². The minimum atomic E-state index is -1.01. The quantitative estimate of drug-likeness (QED) is 0.894. The van der Waals surface area contributed by atoms with Gasteiger partial charge in [0.15, 0.2) is 5.82 Å². The fourth-order valence-corrected chi connectivity index (χ4v) is 1.76. The van der Waals surface area contributed by atoms with Gasteiger partial charge < -0.3 is 15.3 Å². The molecule has 0 unspecified atom stereocenters. The number of aliphatic hydroxyl groups is 1. The van der Waals surface area contributed by atoms with Gasteiger partial charge in [0.1, 0.15) is 0 Å². The minimum absolute atomic E-state index is 0.0201. The molecule has 1 rings (SSSR count). The van der Waals surface area contributed by atoms with Crippen molar-refractivity contribution in [1.82, 2.24) is 4.90 Å². The second kappa shape index (κ2) is 6.21. The Labute approximate surface area is 117 Å². The Bertz CT molecular complexity index is 460. The first-order chi connectivity index (χ1) is 8.74. The molecule has 2 N–H and O–H groups in total. The number of carbonyl (C=O) groups is 1. The number of amides is 2. The standard InChI is InChI=1S/C13H18ClFN2O2/c1-4-17(8-13(2,3)19)12(18)16-10-7-5-6-9(14)11(10)15/h5-7,19H,4,8H2,1-3H3,(H,16,18). The van der Waals surface area contributed by atoms with Crippen molar-refractivity contribution in [2.75, 3.05) is 18.4 Å². The number of likely N-dealkylation sites (N-methyl/N-ethyl adjacent to an activating group) is 1. The Morgan fingerprint density at radius 1 is 1.53 bits per heavy atom. The van der Waals surface area contributed by atoms with Gasteiger partial charge in [0.05, 0.1) is 22.9 Å². The van der Waals surface area contributed by atoms with Crippen LogP contribution in [0.15, 0.2) is 18.2 Å². The summed E-state index contributed by atoms with van der Waals surface area (Å²) in [4.78, 5) is 13.4. The Morgan fingerprint density at radius 2 is 2.16 bits per heavy atom. The summed E-state index contributed by atoms with van der Waals surface area (Å²) in [6.45, 7) is 5.53. The van der Waals surface area contributed by atoms with Crippen LogP contribution in [-0.2, 0) is 0 Å². The zero-order valence-electron chi connectivity index (χ0n) is 11.2. The van der Waals surface area contributed by atoms with Crippen molar-refractivity contribution in [3.63, 3.8) is 0 Å². The van der Waals surface area contributed by atoms with E-state index in [9.17, 15) is 14.3 Å². The number of hydrogen-bond donors (Lipinski definition) is 2. The highest BCUT2D eigenvalue weighted by Gasteiger charge is 2.22. The number of halogens is 2. The van der Waals surface area contributed by atoms with E-state index < -0.39 is 17.4 Å². The van der Waals surface area contributed by atoms with E-state index in [2.05, 4.69) is 5.32 Å². The van der Waals surface area contributed by atoms with Gasteiger partial charge in [-0.15, -0.1) is 0 Å². The van der Waals surface area contributed by atoms with Gasteiger partial charge >= 0.3 is 6.03 Å². The van der Waals surface area contributed by atoms with Crippen LogP contribution in [0.3, 0.4) is 0 Å². The Kier molecular flexibility index (Phi) is 5.14. The molecule has 0 fully saturated rings. The van der Waals surface area contributed by atoms with Crippen molar-refractivity contribution in [3.05, 3.63) is 29.0 Å². The number of hydrogen-bond acceptors (Lipinski definition) is 2. The van der Waals surface area contributed by atoms with Crippen molar-refractivity contribution in [1.29, 1.82) is 0 Å². The first-order valence-corrected chi connectivity index (χ1v) is 6.34. The molecule has 0 aliphatic carbocycles. The molecule has 2 amide bonds. The lowest BCUT2D eigenvalue weighted by molar-refractivity contribution is 0.0501.